The van der Waals surface area contributed by atoms with E-state index in [0.717, 1.165) is 43.6 Å². The third-order valence-electron chi connectivity index (χ3n) is 5.15. The van der Waals surface area contributed by atoms with Crippen molar-refractivity contribution in [2.45, 2.75) is 32.2 Å². The van der Waals surface area contributed by atoms with E-state index in [1.165, 1.54) is 4.88 Å². The molecular formula is C20H23N5OS. The maximum atomic E-state index is 12.7. The van der Waals surface area contributed by atoms with E-state index in [4.69, 9.17) is 0 Å². The number of nitrogens with one attached hydrogen (secondary N) is 1. The zero-order valence-electron chi connectivity index (χ0n) is 15.3. The molecular weight excluding hydrogens is 358 g/mol. The van der Waals surface area contributed by atoms with Gasteiger partial charge < -0.3 is 10.2 Å². The van der Waals surface area contributed by atoms with Crippen LogP contribution in [0.4, 0.5) is 5.69 Å². The Morgan fingerprint density at radius 1 is 1.30 bits per heavy atom. The molecule has 3 aromatic heterocycles. The molecule has 0 saturated carbocycles. The van der Waals surface area contributed by atoms with Crippen LogP contribution in [0.15, 0.2) is 42.2 Å². The standard InChI is InChI=1S/C20H23N5OS/c1-2-16(18-4-3-11-27-18)24-20(26)14-5-9-25(10-6-14)15-12-17-19(23-13-15)22-8-7-21-17/h3-4,7-8,11-14,16H,2,5-6,9-10H2,1H3,(H,24,26)/t16-/m0/s1. The first kappa shape index (κ1) is 17.9. The second-order valence-corrected chi connectivity index (χ2v) is 7.82. The van der Waals surface area contributed by atoms with Crippen molar-refractivity contribution in [1.82, 2.24) is 20.3 Å². The van der Waals surface area contributed by atoms with E-state index in [1.807, 2.05) is 18.3 Å². The minimum atomic E-state index is 0.0727. The summed E-state index contributed by atoms with van der Waals surface area (Å²) >= 11 is 1.70. The predicted molar refractivity (Wildman–Crippen MR) is 108 cm³/mol. The minimum absolute atomic E-state index is 0.0727. The monoisotopic (exact) mass is 381 g/mol. The van der Waals surface area contributed by atoms with Crippen molar-refractivity contribution in [2.24, 2.45) is 5.92 Å². The Morgan fingerprint density at radius 3 is 2.85 bits per heavy atom. The molecule has 1 amide bonds. The van der Waals surface area contributed by atoms with Crippen molar-refractivity contribution in [3.05, 3.63) is 47.0 Å². The van der Waals surface area contributed by atoms with Gasteiger partial charge in [0.15, 0.2) is 5.65 Å². The molecule has 1 saturated heterocycles. The van der Waals surface area contributed by atoms with Crippen LogP contribution in [-0.4, -0.2) is 33.9 Å². The summed E-state index contributed by atoms with van der Waals surface area (Å²) in [6, 6.07) is 6.28. The van der Waals surface area contributed by atoms with Gasteiger partial charge in [0, 0.05) is 36.3 Å². The molecule has 0 spiro atoms. The first-order valence-corrected chi connectivity index (χ1v) is 10.3. The highest BCUT2D eigenvalue weighted by Crippen LogP contribution is 2.26. The summed E-state index contributed by atoms with van der Waals surface area (Å²) < 4.78 is 0. The highest BCUT2D eigenvalue weighted by atomic mass is 32.1. The molecule has 1 aliphatic rings. The Morgan fingerprint density at radius 2 is 2.11 bits per heavy atom. The molecule has 4 heterocycles. The highest BCUT2D eigenvalue weighted by Gasteiger charge is 2.27. The van der Waals surface area contributed by atoms with Crippen molar-refractivity contribution in [1.29, 1.82) is 0 Å². The number of anilines is 1. The zero-order valence-corrected chi connectivity index (χ0v) is 16.2. The van der Waals surface area contributed by atoms with Crippen LogP contribution >= 0.6 is 11.3 Å². The van der Waals surface area contributed by atoms with Gasteiger partial charge in [0.2, 0.25) is 5.91 Å². The van der Waals surface area contributed by atoms with Crippen molar-refractivity contribution in [3.63, 3.8) is 0 Å². The summed E-state index contributed by atoms with van der Waals surface area (Å²) in [5.41, 5.74) is 2.51. The van der Waals surface area contributed by atoms with E-state index >= 15 is 0 Å². The number of hydrogen-bond donors (Lipinski definition) is 1. The molecule has 3 aromatic rings. The first-order valence-electron chi connectivity index (χ1n) is 9.40. The summed E-state index contributed by atoms with van der Waals surface area (Å²) in [5.74, 6) is 0.251. The number of hydrogen-bond acceptors (Lipinski definition) is 6. The van der Waals surface area contributed by atoms with Gasteiger partial charge in [-0.05, 0) is 36.8 Å². The number of aromatic nitrogens is 3. The normalized spacial score (nSPS) is 16.4. The van der Waals surface area contributed by atoms with Crippen LogP contribution in [0, 0.1) is 5.92 Å². The number of carbonyl (C=O) groups excluding carboxylic acids is 1. The largest absolute Gasteiger partial charge is 0.370 e. The topological polar surface area (TPSA) is 71.0 Å². The Kier molecular flexibility index (Phi) is 5.29. The zero-order chi connectivity index (χ0) is 18.6. The van der Waals surface area contributed by atoms with Crippen molar-refractivity contribution < 1.29 is 4.79 Å². The molecule has 1 atom stereocenters. The summed E-state index contributed by atoms with van der Waals surface area (Å²) in [6.45, 7) is 3.81. The average Bonchev–Trinajstić information content (AvgIpc) is 3.26. The van der Waals surface area contributed by atoms with Gasteiger partial charge in [0.25, 0.3) is 0 Å². The fourth-order valence-electron chi connectivity index (χ4n) is 3.57. The lowest BCUT2D eigenvalue weighted by Crippen LogP contribution is -2.41. The van der Waals surface area contributed by atoms with Crippen molar-refractivity contribution in [3.8, 4) is 0 Å². The van der Waals surface area contributed by atoms with Crippen molar-refractivity contribution in [2.75, 3.05) is 18.0 Å². The molecule has 4 rings (SSSR count). The Hall–Kier alpha value is -2.54. The summed E-state index contributed by atoms with van der Waals surface area (Å²) in [4.78, 5) is 29.2. The van der Waals surface area contributed by atoms with Gasteiger partial charge >= 0.3 is 0 Å². The highest BCUT2D eigenvalue weighted by molar-refractivity contribution is 7.10. The molecule has 6 nitrogen and oxygen atoms in total. The van der Waals surface area contributed by atoms with Crippen LogP contribution in [0.3, 0.4) is 0 Å². The molecule has 140 valence electrons. The van der Waals surface area contributed by atoms with Gasteiger partial charge in [-0.3, -0.25) is 9.78 Å². The molecule has 27 heavy (non-hydrogen) atoms. The van der Waals surface area contributed by atoms with Crippen LogP contribution in [0.5, 0.6) is 0 Å². The number of fused-ring (bicyclic) bond motifs is 1. The van der Waals surface area contributed by atoms with Gasteiger partial charge in [0.1, 0.15) is 5.52 Å². The first-order chi connectivity index (χ1) is 13.2. The number of nitrogens with zero attached hydrogens (tertiary/aromatic N) is 4. The predicted octanol–water partition coefficient (Wildman–Crippen LogP) is 3.57. The van der Waals surface area contributed by atoms with E-state index in [2.05, 4.69) is 43.5 Å². The quantitative estimate of drug-likeness (QED) is 0.732. The smallest absolute Gasteiger partial charge is 0.223 e. The molecule has 0 bridgehead atoms. The lowest BCUT2D eigenvalue weighted by molar-refractivity contribution is -0.126. The lowest BCUT2D eigenvalue weighted by atomic mass is 9.95. The van der Waals surface area contributed by atoms with Crippen LogP contribution in [0.1, 0.15) is 37.1 Å². The fourth-order valence-corrected chi connectivity index (χ4v) is 4.43. The third-order valence-corrected chi connectivity index (χ3v) is 6.14. The minimum Gasteiger partial charge on any atom is -0.370 e. The maximum Gasteiger partial charge on any atom is 0.223 e. The van der Waals surface area contributed by atoms with E-state index in [0.29, 0.717) is 5.65 Å². The number of carbonyl (C=O) groups is 1. The van der Waals surface area contributed by atoms with E-state index < -0.39 is 0 Å². The van der Waals surface area contributed by atoms with Gasteiger partial charge in [-0.1, -0.05) is 13.0 Å². The Labute approximate surface area is 162 Å². The Bertz CT molecular complexity index is 906. The summed E-state index contributed by atoms with van der Waals surface area (Å²) in [5, 5.41) is 5.30. The molecule has 0 aliphatic carbocycles. The summed E-state index contributed by atoms with van der Waals surface area (Å²) in [6.07, 6.45) is 7.80. The van der Waals surface area contributed by atoms with Crippen LogP contribution in [0.2, 0.25) is 0 Å². The number of amides is 1. The van der Waals surface area contributed by atoms with Crippen molar-refractivity contribution >= 4 is 34.1 Å². The Balaban J connectivity index is 1.37. The maximum absolute atomic E-state index is 12.7. The van der Waals surface area contributed by atoms with E-state index in [-0.39, 0.29) is 17.9 Å². The number of thiophene rings is 1. The van der Waals surface area contributed by atoms with Gasteiger partial charge in [0.05, 0.1) is 17.9 Å². The van der Waals surface area contributed by atoms with E-state index in [9.17, 15) is 4.79 Å². The van der Waals surface area contributed by atoms with Gasteiger partial charge in [-0.2, -0.15) is 0 Å². The molecule has 1 N–H and O–H groups in total. The van der Waals surface area contributed by atoms with Gasteiger partial charge in [-0.25, -0.2) is 9.97 Å². The van der Waals surface area contributed by atoms with Gasteiger partial charge in [-0.15, -0.1) is 11.3 Å². The number of rotatable bonds is 5. The molecule has 0 radical (unpaired) electrons. The lowest BCUT2D eigenvalue weighted by Gasteiger charge is -2.33. The summed E-state index contributed by atoms with van der Waals surface area (Å²) in [7, 11) is 0. The molecule has 0 unspecified atom stereocenters. The molecule has 1 aliphatic heterocycles. The SMILES string of the molecule is CC[C@H](NC(=O)C1CCN(c2cnc3nccnc3c2)CC1)c1cccs1. The fraction of sp³-hybridized carbons (Fsp3) is 0.400. The van der Waals surface area contributed by atoms with Crippen LogP contribution in [-0.2, 0) is 4.79 Å². The number of pyridine rings is 1. The van der Waals surface area contributed by atoms with Crippen LogP contribution in [0.25, 0.3) is 11.2 Å². The second-order valence-electron chi connectivity index (χ2n) is 6.84. The van der Waals surface area contributed by atoms with Crippen LogP contribution < -0.4 is 10.2 Å². The third kappa shape index (κ3) is 3.93. The molecule has 0 aromatic carbocycles. The van der Waals surface area contributed by atoms with E-state index in [1.54, 1.807) is 23.7 Å². The second kappa shape index (κ2) is 8.00. The average molecular weight is 382 g/mol. The molecule has 1 fully saturated rings. The number of piperidine rings is 1. The molecule has 7 heteroatoms.